The monoisotopic (exact) mass is 446 g/mol. The van der Waals surface area contributed by atoms with Gasteiger partial charge in [-0.05, 0) is 24.8 Å². The normalized spacial score (nSPS) is 29.9. The van der Waals surface area contributed by atoms with Crippen molar-refractivity contribution in [3.05, 3.63) is 41.5 Å². The first-order valence-electron chi connectivity index (χ1n) is 9.03. The maximum Gasteiger partial charge on any atom is 0.316 e. The number of ether oxygens (including phenoxy) is 3. The first-order valence-corrected chi connectivity index (χ1v) is 9.03. The summed E-state index contributed by atoms with van der Waals surface area (Å²) < 4.78 is 16.2. The Labute approximate surface area is 179 Å². The molecule has 1 N–H and O–H groups in total. The van der Waals surface area contributed by atoms with Crippen LogP contribution in [0.4, 0.5) is 0 Å². The van der Waals surface area contributed by atoms with Crippen molar-refractivity contribution < 1.29 is 50.5 Å². The quantitative estimate of drug-likeness (QED) is 0.422. The molecule has 1 fully saturated rings. The standard InChI is InChI=1S/C21H23O7.Co/c1-11-10-21(20(24)25)17(14-6-5-7-15(8-14)26-4)9-16(18(11)27-12(2)22)19(21)28-13(3)23;/h6-8,10,16-19H,9H2,1-4H3,(H,24,25);/q-1;. The van der Waals surface area contributed by atoms with Crippen LogP contribution < -0.4 is 4.74 Å². The van der Waals surface area contributed by atoms with E-state index in [1.807, 2.05) is 0 Å². The second kappa shape index (κ2) is 8.58. The number of carbonyl (C=O) groups excluding carboxylic acids is 2. The summed E-state index contributed by atoms with van der Waals surface area (Å²) in [7, 11) is 1.52. The van der Waals surface area contributed by atoms with Crippen LogP contribution in [0.2, 0.25) is 0 Å². The van der Waals surface area contributed by atoms with Crippen LogP contribution in [-0.2, 0) is 40.6 Å². The van der Waals surface area contributed by atoms with Gasteiger partial charge in [-0.2, -0.15) is 12.1 Å². The molecule has 2 bridgehead atoms. The number of carboxylic acids is 1. The number of fused-ring (bicyclic) bond motifs is 2. The maximum absolute atomic E-state index is 12.6. The molecule has 0 aromatic heterocycles. The van der Waals surface area contributed by atoms with Crippen molar-refractivity contribution in [2.24, 2.45) is 11.3 Å². The predicted octanol–water partition coefficient (Wildman–Crippen LogP) is 2.49. The molecular formula is C21H23CoO7-. The van der Waals surface area contributed by atoms with E-state index in [4.69, 9.17) is 14.2 Å². The third kappa shape index (κ3) is 3.91. The minimum absolute atomic E-state index is 0. The van der Waals surface area contributed by atoms with E-state index in [9.17, 15) is 19.5 Å². The van der Waals surface area contributed by atoms with Crippen LogP contribution in [0.5, 0.6) is 5.75 Å². The molecule has 0 spiro atoms. The Kier molecular flexibility index (Phi) is 6.80. The Balaban J connectivity index is 0.00000300. The fourth-order valence-electron chi connectivity index (χ4n) is 4.66. The van der Waals surface area contributed by atoms with Crippen molar-refractivity contribution in [3.8, 4) is 5.75 Å². The number of rotatable bonds is 5. The van der Waals surface area contributed by atoms with Gasteiger partial charge in [0.15, 0.2) is 0 Å². The molecular weight excluding hydrogens is 423 g/mol. The van der Waals surface area contributed by atoms with E-state index >= 15 is 0 Å². The molecule has 2 aliphatic rings. The number of benzene rings is 1. The zero-order chi connectivity index (χ0) is 20.6. The largest absolute Gasteiger partial charge is 0.554 e. The minimum Gasteiger partial charge on any atom is -0.554 e. The van der Waals surface area contributed by atoms with E-state index in [-0.39, 0.29) is 16.8 Å². The summed E-state index contributed by atoms with van der Waals surface area (Å²) in [4.78, 5) is 35.9. The number of hydrogen-bond donors (Lipinski definition) is 1. The molecule has 0 saturated heterocycles. The third-order valence-corrected chi connectivity index (χ3v) is 5.63. The zero-order valence-electron chi connectivity index (χ0n) is 16.6. The molecule has 8 heteroatoms. The van der Waals surface area contributed by atoms with Crippen molar-refractivity contribution in [1.82, 2.24) is 0 Å². The van der Waals surface area contributed by atoms with Crippen molar-refractivity contribution in [3.63, 3.8) is 0 Å². The van der Waals surface area contributed by atoms with Gasteiger partial charge >= 0.3 is 17.9 Å². The van der Waals surface area contributed by atoms with Crippen LogP contribution in [0.1, 0.15) is 38.7 Å². The van der Waals surface area contributed by atoms with Crippen molar-refractivity contribution in [1.29, 1.82) is 0 Å². The van der Waals surface area contributed by atoms with Gasteiger partial charge in [0.2, 0.25) is 0 Å². The molecule has 1 radical (unpaired) electrons. The molecule has 7 nitrogen and oxygen atoms in total. The Bertz CT molecular complexity index is 849. The van der Waals surface area contributed by atoms with Crippen molar-refractivity contribution >= 4 is 17.9 Å². The van der Waals surface area contributed by atoms with Crippen LogP contribution >= 0.6 is 0 Å². The summed E-state index contributed by atoms with van der Waals surface area (Å²) in [6, 6.07) is 8.11. The molecule has 0 heterocycles. The summed E-state index contributed by atoms with van der Waals surface area (Å²) in [5.41, 5.74) is -0.105. The second-order valence-electron chi connectivity index (χ2n) is 7.34. The minimum atomic E-state index is -1.46. The summed E-state index contributed by atoms with van der Waals surface area (Å²) in [6.07, 6.45) is 0.363. The number of carbonyl (C=O) groups is 3. The number of esters is 2. The van der Waals surface area contributed by atoms with Gasteiger partial charge in [-0.1, -0.05) is 6.08 Å². The fraction of sp³-hybridized carbons (Fsp3) is 0.476. The van der Waals surface area contributed by atoms with Gasteiger partial charge in [0.25, 0.3) is 0 Å². The first-order chi connectivity index (χ1) is 13.2. The van der Waals surface area contributed by atoms with Gasteiger partial charge in [0.05, 0.1) is 7.11 Å². The van der Waals surface area contributed by atoms with Crippen molar-refractivity contribution in [2.45, 2.75) is 45.3 Å². The maximum atomic E-state index is 12.6. The second-order valence-corrected chi connectivity index (χ2v) is 7.34. The molecule has 1 saturated carbocycles. The van der Waals surface area contributed by atoms with E-state index in [2.05, 4.69) is 6.07 Å². The molecule has 0 aliphatic heterocycles. The third-order valence-electron chi connectivity index (χ3n) is 5.63. The molecule has 1 aromatic rings. The van der Waals surface area contributed by atoms with Crippen LogP contribution in [0, 0.1) is 17.4 Å². The molecule has 1 aromatic carbocycles. The van der Waals surface area contributed by atoms with E-state index in [1.54, 1.807) is 31.2 Å². The van der Waals surface area contributed by atoms with Gasteiger partial charge in [-0.25, -0.2) is 0 Å². The van der Waals surface area contributed by atoms with Gasteiger partial charge in [0, 0.05) is 42.3 Å². The van der Waals surface area contributed by atoms with E-state index < -0.39 is 47.4 Å². The Morgan fingerprint density at radius 1 is 1.17 bits per heavy atom. The molecule has 159 valence electrons. The average Bonchev–Trinajstić information content (AvgIpc) is 2.86. The van der Waals surface area contributed by atoms with Crippen LogP contribution in [0.3, 0.4) is 0 Å². The fourth-order valence-corrected chi connectivity index (χ4v) is 4.66. The van der Waals surface area contributed by atoms with Gasteiger partial charge in [-0.15, -0.1) is 17.7 Å². The van der Waals surface area contributed by atoms with Gasteiger partial charge in [-0.3, -0.25) is 14.4 Å². The van der Waals surface area contributed by atoms with E-state index in [1.165, 1.54) is 21.0 Å². The van der Waals surface area contributed by atoms with Crippen LogP contribution in [0.25, 0.3) is 0 Å². The summed E-state index contributed by atoms with van der Waals surface area (Å²) >= 11 is 0. The smallest absolute Gasteiger partial charge is 0.316 e. The van der Waals surface area contributed by atoms with E-state index in [0.29, 0.717) is 23.3 Å². The summed E-state index contributed by atoms with van der Waals surface area (Å²) in [5, 5.41) is 10.3. The number of hydrogen-bond acceptors (Lipinski definition) is 6. The number of aliphatic carboxylic acids is 1. The van der Waals surface area contributed by atoms with Crippen LogP contribution in [-0.4, -0.2) is 42.3 Å². The number of carboxylic acid groups (broad SMARTS) is 1. The molecule has 0 amide bonds. The summed E-state index contributed by atoms with van der Waals surface area (Å²) in [6.45, 7) is 4.29. The molecule has 29 heavy (non-hydrogen) atoms. The van der Waals surface area contributed by atoms with Crippen molar-refractivity contribution in [2.75, 3.05) is 7.11 Å². The Morgan fingerprint density at radius 2 is 1.83 bits per heavy atom. The van der Waals surface area contributed by atoms with Gasteiger partial charge in [0.1, 0.15) is 17.6 Å². The molecule has 3 rings (SSSR count). The molecule has 2 aliphatic carbocycles. The average molecular weight is 446 g/mol. The van der Waals surface area contributed by atoms with Gasteiger partial charge < -0.3 is 19.3 Å². The zero-order valence-corrected chi connectivity index (χ0v) is 17.6. The Hall–Kier alpha value is -2.32. The Morgan fingerprint density at radius 3 is 2.38 bits per heavy atom. The van der Waals surface area contributed by atoms with Crippen LogP contribution in [0.15, 0.2) is 29.8 Å². The molecule has 5 atom stereocenters. The number of methoxy groups -OCH3 is 1. The SMILES string of the molecule is COc1c[c-]cc(C2CC3C(OC(C)=O)C(C)=CC2(C(=O)O)C3OC(C)=O)c1.[Co]. The first kappa shape index (κ1) is 23.0. The topological polar surface area (TPSA) is 99.1 Å². The van der Waals surface area contributed by atoms with E-state index in [0.717, 1.165) is 0 Å². The predicted molar refractivity (Wildman–Crippen MR) is 97.6 cm³/mol. The summed E-state index contributed by atoms with van der Waals surface area (Å²) in [5.74, 6) is -2.55. The molecule has 5 unspecified atom stereocenters.